The Labute approximate surface area is 124 Å². The summed E-state index contributed by atoms with van der Waals surface area (Å²) in [6.45, 7) is 3.14. The molecule has 0 fully saturated rings. The van der Waals surface area contributed by atoms with Crippen molar-refractivity contribution in [1.82, 2.24) is 19.7 Å². The molecule has 0 aromatic carbocycles. The van der Waals surface area contributed by atoms with Gasteiger partial charge in [-0.15, -0.1) is 0 Å². The molecule has 0 radical (unpaired) electrons. The lowest BCUT2D eigenvalue weighted by molar-refractivity contribution is 0.617. The van der Waals surface area contributed by atoms with Crippen molar-refractivity contribution in [3.63, 3.8) is 0 Å². The molecule has 0 saturated heterocycles. The average Bonchev–Trinajstić information content (AvgIpc) is 2.79. The number of halogens is 1. The molecular weight excluding hydrogens is 274 g/mol. The highest BCUT2D eigenvalue weighted by Crippen LogP contribution is 2.21. The molecule has 0 bridgehead atoms. The summed E-state index contributed by atoms with van der Waals surface area (Å²) in [5, 5.41) is 8.71. The maximum atomic E-state index is 5.95. The highest BCUT2D eigenvalue weighted by atomic mass is 35.5. The highest BCUT2D eigenvalue weighted by molar-refractivity contribution is 6.28. The molecule has 2 aromatic rings. The quantitative estimate of drug-likeness (QED) is 0.594. The van der Waals surface area contributed by atoms with Gasteiger partial charge in [0.2, 0.25) is 5.28 Å². The van der Waals surface area contributed by atoms with Crippen molar-refractivity contribution < 1.29 is 0 Å². The summed E-state index contributed by atoms with van der Waals surface area (Å²) in [5.41, 5.74) is 0.760. The summed E-state index contributed by atoms with van der Waals surface area (Å²) >= 11 is 5.95. The summed E-state index contributed by atoms with van der Waals surface area (Å²) in [6, 6.07) is 0. The van der Waals surface area contributed by atoms with Gasteiger partial charge in [-0.1, -0.05) is 39.0 Å². The van der Waals surface area contributed by atoms with E-state index in [9.17, 15) is 0 Å². The van der Waals surface area contributed by atoms with Gasteiger partial charge >= 0.3 is 0 Å². The molecule has 0 aliphatic rings. The molecule has 0 amide bonds. The largest absolute Gasteiger partial charge is 0.369 e. The van der Waals surface area contributed by atoms with Gasteiger partial charge in [-0.25, -0.2) is 0 Å². The summed E-state index contributed by atoms with van der Waals surface area (Å²) < 4.78 is 1.71. The first-order valence-corrected chi connectivity index (χ1v) is 7.69. The first kappa shape index (κ1) is 15.0. The average molecular weight is 296 g/mol. The van der Waals surface area contributed by atoms with Crippen LogP contribution in [0.2, 0.25) is 5.28 Å². The zero-order chi connectivity index (χ0) is 14.4. The van der Waals surface area contributed by atoms with Gasteiger partial charge in [0.15, 0.2) is 5.65 Å². The van der Waals surface area contributed by atoms with E-state index in [0.717, 1.165) is 29.8 Å². The van der Waals surface area contributed by atoms with Gasteiger partial charge in [-0.2, -0.15) is 15.1 Å². The predicted molar refractivity (Wildman–Crippen MR) is 83.2 cm³/mol. The fourth-order valence-corrected chi connectivity index (χ4v) is 2.41. The number of unbranched alkanes of at least 4 members (excludes halogenated alkanes) is 5. The number of aromatic nitrogens is 4. The number of anilines is 1. The second-order valence-corrected chi connectivity index (χ2v) is 5.38. The summed E-state index contributed by atoms with van der Waals surface area (Å²) in [7, 11) is 1.85. The van der Waals surface area contributed by atoms with E-state index in [4.69, 9.17) is 11.6 Å². The molecule has 0 unspecified atom stereocenters. The third-order valence-corrected chi connectivity index (χ3v) is 3.56. The normalized spacial score (nSPS) is 11.2. The van der Waals surface area contributed by atoms with E-state index in [0.29, 0.717) is 0 Å². The zero-order valence-electron chi connectivity index (χ0n) is 12.2. The molecule has 2 aromatic heterocycles. The molecule has 2 rings (SSSR count). The molecule has 0 spiro atoms. The molecule has 0 aliphatic carbocycles. The first-order chi connectivity index (χ1) is 9.72. The van der Waals surface area contributed by atoms with E-state index in [1.54, 1.807) is 10.9 Å². The van der Waals surface area contributed by atoms with Crippen LogP contribution in [0, 0.1) is 0 Å². The van der Waals surface area contributed by atoms with Crippen molar-refractivity contribution >= 4 is 28.5 Å². The number of hydrogen-bond donors (Lipinski definition) is 1. The fraction of sp³-hybridized carbons (Fsp3) is 0.643. The second-order valence-electron chi connectivity index (χ2n) is 5.04. The van der Waals surface area contributed by atoms with Crippen LogP contribution in [0.3, 0.4) is 0 Å². The Hall–Kier alpha value is -1.36. The van der Waals surface area contributed by atoms with Crippen molar-refractivity contribution in [2.45, 2.75) is 45.4 Å². The van der Waals surface area contributed by atoms with Gasteiger partial charge in [0.05, 0.1) is 11.6 Å². The monoisotopic (exact) mass is 295 g/mol. The Kier molecular flexibility index (Phi) is 5.59. The van der Waals surface area contributed by atoms with Crippen LogP contribution >= 0.6 is 11.6 Å². The predicted octanol–water partition coefficient (Wildman–Crippen LogP) is 3.79. The lowest BCUT2D eigenvalue weighted by atomic mass is 10.1. The van der Waals surface area contributed by atoms with Crippen LogP contribution in [0.1, 0.15) is 45.4 Å². The maximum absolute atomic E-state index is 5.95. The number of aryl methyl sites for hydroxylation is 1. The molecule has 20 heavy (non-hydrogen) atoms. The zero-order valence-corrected chi connectivity index (χ0v) is 12.9. The maximum Gasteiger partial charge on any atom is 0.226 e. The SMILES string of the molecule is CCCCCCCCNc1nc(Cl)nc2c1cnn2C. The van der Waals surface area contributed by atoms with Gasteiger partial charge in [0.1, 0.15) is 5.82 Å². The van der Waals surface area contributed by atoms with Crippen LogP contribution in [0.15, 0.2) is 6.20 Å². The number of rotatable bonds is 8. The molecule has 0 saturated carbocycles. The number of fused-ring (bicyclic) bond motifs is 1. The van der Waals surface area contributed by atoms with Crippen LogP contribution in [0.5, 0.6) is 0 Å². The Balaban J connectivity index is 1.87. The molecule has 0 aliphatic heterocycles. The number of nitrogens with zero attached hydrogens (tertiary/aromatic N) is 4. The molecule has 6 heteroatoms. The van der Waals surface area contributed by atoms with Crippen LogP contribution in [-0.4, -0.2) is 26.3 Å². The fourth-order valence-electron chi connectivity index (χ4n) is 2.24. The van der Waals surface area contributed by atoms with Crippen LogP contribution in [0.25, 0.3) is 11.0 Å². The van der Waals surface area contributed by atoms with E-state index in [1.165, 1.54) is 32.1 Å². The van der Waals surface area contributed by atoms with Crippen LogP contribution < -0.4 is 5.32 Å². The van der Waals surface area contributed by atoms with Crippen molar-refractivity contribution in [2.75, 3.05) is 11.9 Å². The standard InChI is InChI=1S/C14H22ClN5/c1-3-4-5-6-7-8-9-16-12-11-10-17-20(2)13(11)19-14(15)18-12/h10H,3-9H2,1-2H3,(H,16,18,19). The Morgan fingerprint density at radius 3 is 2.70 bits per heavy atom. The van der Waals surface area contributed by atoms with Gasteiger partial charge in [-0.3, -0.25) is 4.68 Å². The lowest BCUT2D eigenvalue weighted by Gasteiger charge is -2.07. The van der Waals surface area contributed by atoms with Crippen LogP contribution in [-0.2, 0) is 7.05 Å². The van der Waals surface area contributed by atoms with Gasteiger partial charge in [0.25, 0.3) is 0 Å². The van der Waals surface area contributed by atoms with Gasteiger partial charge < -0.3 is 5.32 Å². The number of nitrogens with one attached hydrogen (secondary N) is 1. The van der Waals surface area contributed by atoms with Crippen molar-refractivity contribution in [2.24, 2.45) is 7.05 Å². The van der Waals surface area contributed by atoms with Crippen LogP contribution in [0.4, 0.5) is 5.82 Å². The molecule has 110 valence electrons. The highest BCUT2D eigenvalue weighted by Gasteiger charge is 2.09. The molecule has 1 N–H and O–H groups in total. The summed E-state index contributed by atoms with van der Waals surface area (Å²) in [6.07, 6.45) is 9.44. The first-order valence-electron chi connectivity index (χ1n) is 7.31. The lowest BCUT2D eigenvalue weighted by Crippen LogP contribution is -2.05. The van der Waals surface area contributed by atoms with E-state index in [1.807, 2.05) is 7.05 Å². The third-order valence-electron chi connectivity index (χ3n) is 3.39. The van der Waals surface area contributed by atoms with E-state index < -0.39 is 0 Å². The van der Waals surface area contributed by atoms with Crippen molar-refractivity contribution in [1.29, 1.82) is 0 Å². The molecule has 0 atom stereocenters. The minimum absolute atomic E-state index is 0.256. The Morgan fingerprint density at radius 1 is 1.15 bits per heavy atom. The molecule has 5 nitrogen and oxygen atoms in total. The summed E-state index contributed by atoms with van der Waals surface area (Å²) in [5.74, 6) is 0.779. The number of hydrogen-bond acceptors (Lipinski definition) is 4. The smallest absolute Gasteiger partial charge is 0.226 e. The van der Waals surface area contributed by atoms with Crippen molar-refractivity contribution in [3.05, 3.63) is 11.5 Å². The minimum atomic E-state index is 0.256. The van der Waals surface area contributed by atoms with E-state index >= 15 is 0 Å². The molecule has 2 heterocycles. The van der Waals surface area contributed by atoms with Crippen molar-refractivity contribution in [3.8, 4) is 0 Å². The van der Waals surface area contributed by atoms with E-state index in [2.05, 4.69) is 27.3 Å². The minimum Gasteiger partial charge on any atom is -0.369 e. The Morgan fingerprint density at radius 2 is 1.90 bits per heavy atom. The third kappa shape index (κ3) is 3.82. The topological polar surface area (TPSA) is 55.6 Å². The molecular formula is C14H22ClN5. The van der Waals surface area contributed by atoms with Gasteiger partial charge in [0, 0.05) is 13.6 Å². The second kappa shape index (κ2) is 7.43. The van der Waals surface area contributed by atoms with Gasteiger partial charge in [-0.05, 0) is 18.0 Å². The summed E-state index contributed by atoms with van der Waals surface area (Å²) in [4.78, 5) is 8.44. The Bertz CT molecular complexity index is 552. The van der Waals surface area contributed by atoms with E-state index in [-0.39, 0.29) is 5.28 Å².